The van der Waals surface area contributed by atoms with E-state index < -0.39 is 6.09 Å². The molecule has 0 bridgehead atoms. The van der Waals surface area contributed by atoms with E-state index in [9.17, 15) is 9.59 Å². The SMILES string of the molecule is CCCCCCOC(=O)NC/C=C/C(=O)Cc1ccccc1. The number of alkyl carbamates (subject to hydrolysis) is 1. The molecule has 1 rings (SSSR count). The number of allylic oxidation sites excluding steroid dienone is 1. The van der Waals surface area contributed by atoms with Gasteiger partial charge in [0.25, 0.3) is 0 Å². The topological polar surface area (TPSA) is 55.4 Å². The summed E-state index contributed by atoms with van der Waals surface area (Å²) in [6.07, 6.45) is 7.38. The Morgan fingerprint density at radius 2 is 1.91 bits per heavy atom. The molecular weight excluding hydrogens is 278 g/mol. The summed E-state index contributed by atoms with van der Waals surface area (Å²) in [5, 5.41) is 2.59. The number of hydrogen-bond donors (Lipinski definition) is 1. The molecule has 22 heavy (non-hydrogen) atoms. The van der Waals surface area contributed by atoms with Crippen LogP contribution in [0.25, 0.3) is 0 Å². The van der Waals surface area contributed by atoms with E-state index in [1.54, 1.807) is 6.08 Å². The number of carbonyl (C=O) groups is 2. The minimum absolute atomic E-state index is 0.0148. The number of ketones is 1. The Bertz CT molecular complexity index is 468. The summed E-state index contributed by atoms with van der Waals surface area (Å²) in [6.45, 7) is 2.88. The minimum atomic E-state index is -0.434. The maximum Gasteiger partial charge on any atom is 0.407 e. The second-order valence-corrected chi connectivity index (χ2v) is 5.11. The zero-order valence-electron chi connectivity index (χ0n) is 13.2. The van der Waals surface area contributed by atoms with E-state index in [2.05, 4.69) is 12.2 Å². The Balaban J connectivity index is 2.10. The van der Waals surface area contributed by atoms with Crippen molar-refractivity contribution < 1.29 is 14.3 Å². The molecule has 0 fully saturated rings. The van der Waals surface area contributed by atoms with Crippen molar-refractivity contribution in [2.24, 2.45) is 0 Å². The number of ether oxygens (including phenoxy) is 1. The second kappa shape index (κ2) is 11.5. The van der Waals surface area contributed by atoms with Crippen molar-refractivity contribution >= 4 is 11.9 Å². The van der Waals surface area contributed by atoms with Crippen molar-refractivity contribution in [1.82, 2.24) is 5.32 Å². The average Bonchev–Trinajstić information content (AvgIpc) is 2.52. The molecule has 1 aromatic rings. The van der Waals surface area contributed by atoms with Gasteiger partial charge in [0.15, 0.2) is 5.78 Å². The van der Waals surface area contributed by atoms with Crippen LogP contribution in [0.3, 0.4) is 0 Å². The van der Waals surface area contributed by atoms with E-state index in [0.29, 0.717) is 19.6 Å². The first-order chi connectivity index (χ1) is 10.7. The van der Waals surface area contributed by atoms with Crippen molar-refractivity contribution in [1.29, 1.82) is 0 Å². The summed E-state index contributed by atoms with van der Waals surface area (Å²) in [5.41, 5.74) is 0.983. The predicted molar refractivity (Wildman–Crippen MR) is 87.8 cm³/mol. The lowest BCUT2D eigenvalue weighted by atomic mass is 10.1. The zero-order chi connectivity index (χ0) is 16.0. The second-order valence-electron chi connectivity index (χ2n) is 5.11. The molecule has 1 N–H and O–H groups in total. The van der Waals surface area contributed by atoms with Gasteiger partial charge in [-0.2, -0.15) is 0 Å². The first-order valence-corrected chi connectivity index (χ1v) is 7.86. The first-order valence-electron chi connectivity index (χ1n) is 7.86. The molecule has 0 saturated heterocycles. The predicted octanol–water partition coefficient (Wildman–Crippen LogP) is 3.66. The van der Waals surface area contributed by atoms with E-state index in [-0.39, 0.29) is 5.78 Å². The summed E-state index contributed by atoms with van der Waals surface area (Å²) in [6, 6.07) is 9.57. The van der Waals surface area contributed by atoms with Gasteiger partial charge in [-0.25, -0.2) is 4.79 Å². The van der Waals surface area contributed by atoms with Crippen LogP contribution in [0, 0.1) is 0 Å². The third kappa shape index (κ3) is 8.95. The van der Waals surface area contributed by atoms with Gasteiger partial charge in [0, 0.05) is 13.0 Å². The van der Waals surface area contributed by atoms with Gasteiger partial charge in [0.05, 0.1) is 6.61 Å². The van der Waals surface area contributed by atoms with Gasteiger partial charge in [0.1, 0.15) is 0 Å². The van der Waals surface area contributed by atoms with Gasteiger partial charge in [0.2, 0.25) is 0 Å². The molecule has 4 heteroatoms. The molecule has 0 aliphatic heterocycles. The van der Waals surface area contributed by atoms with Crippen molar-refractivity contribution in [2.45, 2.75) is 39.0 Å². The van der Waals surface area contributed by atoms with E-state index in [0.717, 1.165) is 31.2 Å². The normalized spacial score (nSPS) is 10.6. The van der Waals surface area contributed by atoms with E-state index in [4.69, 9.17) is 4.74 Å². The number of nitrogens with one attached hydrogen (secondary N) is 1. The van der Waals surface area contributed by atoms with Gasteiger partial charge in [-0.15, -0.1) is 0 Å². The molecule has 0 aromatic heterocycles. The van der Waals surface area contributed by atoms with Crippen LogP contribution in [0.4, 0.5) is 4.79 Å². The third-order valence-corrected chi connectivity index (χ3v) is 3.12. The van der Waals surface area contributed by atoms with Crippen LogP contribution in [0.5, 0.6) is 0 Å². The zero-order valence-corrected chi connectivity index (χ0v) is 13.2. The fraction of sp³-hybridized carbons (Fsp3) is 0.444. The largest absolute Gasteiger partial charge is 0.450 e. The fourth-order valence-electron chi connectivity index (χ4n) is 1.93. The molecule has 1 amide bonds. The maximum absolute atomic E-state index is 11.7. The quantitative estimate of drug-likeness (QED) is 0.530. The molecule has 0 spiro atoms. The Hall–Kier alpha value is -2.10. The number of carbonyl (C=O) groups excluding carboxylic acids is 2. The van der Waals surface area contributed by atoms with E-state index >= 15 is 0 Å². The molecule has 0 unspecified atom stereocenters. The lowest BCUT2D eigenvalue weighted by molar-refractivity contribution is -0.114. The highest BCUT2D eigenvalue weighted by atomic mass is 16.5. The summed E-state index contributed by atoms with van der Waals surface area (Å²) in [7, 11) is 0. The molecule has 0 aliphatic carbocycles. The number of rotatable bonds is 10. The van der Waals surface area contributed by atoms with Crippen LogP contribution in [-0.2, 0) is 16.0 Å². The lowest BCUT2D eigenvalue weighted by Crippen LogP contribution is -2.24. The van der Waals surface area contributed by atoms with E-state index in [1.807, 2.05) is 30.3 Å². The third-order valence-electron chi connectivity index (χ3n) is 3.12. The Labute approximate surface area is 132 Å². The first kappa shape index (κ1) is 18.0. The molecule has 1 aromatic carbocycles. The highest BCUT2D eigenvalue weighted by Crippen LogP contribution is 2.00. The number of benzene rings is 1. The standard InChI is InChI=1S/C18H25NO3/c1-2-3-4-8-14-22-18(21)19-13-9-12-17(20)15-16-10-6-5-7-11-16/h5-7,9-12H,2-4,8,13-15H2,1H3,(H,19,21)/b12-9+. The highest BCUT2D eigenvalue weighted by Gasteiger charge is 2.00. The molecule has 4 nitrogen and oxygen atoms in total. The molecule has 120 valence electrons. The van der Waals surface area contributed by atoms with Gasteiger partial charge in [-0.05, 0) is 18.1 Å². The van der Waals surface area contributed by atoms with Crippen molar-refractivity contribution in [3.8, 4) is 0 Å². The smallest absolute Gasteiger partial charge is 0.407 e. The Morgan fingerprint density at radius 1 is 1.14 bits per heavy atom. The van der Waals surface area contributed by atoms with Crippen molar-refractivity contribution in [3.63, 3.8) is 0 Å². The minimum Gasteiger partial charge on any atom is -0.450 e. The van der Waals surface area contributed by atoms with Crippen molar-refractivity contribution in [3.05, 3.63) is 48.0 Å². The molecular formula is C18H25NO3. The van der Waals surface area contributed by atoms with Gasteiger partial charge < -0.3 is 10.1 Å². The lowest BCUT2D eigenvalue weighted by Gasteiger charge is -2.04. The number of amides is 1. The number of hydrogen-bond acceptors (Lipinski definition) is 3. The molecule has 0 heterocycles. The summed E-state index contributed by atoms with van der Waals surface area (Å²) < 4.78 is 5.02. The van der Waals surface area contributed by atoms with E-state index in [1.165, 1.54) is 6.08 Å². The fourth-order valence-corrected chi connectivity index (χ4v) is 1.93. The van der Waals surface area contributed by atoms with Crippen LogP contribution >= 0.6 is 0 Å². The van der Waals surface area contributed by atoms with Gasteiger partial charge in [-0.1, -0.05) is 62.6 Å². The molecule has 0 atom stereocenters. The van der Waals surface area contributed by atoms with Gasteiger partial charge in [-0.3, -0.25) is 4.79 Å². The maximum atomic E-state index is 11.7. The van der Waals surface area contributed by atoms with Crippen molar-refractivity contribution in [2.75, 3.05) is 13.2 Å². The molecule has 0 aliphatic rings. The van der Waals surface area contributed by atoms with Crippen LogP contribution in [0.15, 0.2) is 42.5 Å². The summed E-state index contributed by atoms with van der Waals surface area (Å²) in [5.74, 6) is 0.0148. The number of unbranched alkanes of at least 4 members (excludes halogenated alkanes) is 3. The Kier molecular flexibility index (Phi) is 9.42. The van der Waals surface area contributed by atoms with Crippen LogP contribution < -0.4 is 5.32 Å². The molecule has 0 radical (unpaired) electrons. The van der Waals surface area contributed by atoms with Crippen LogP contribution in [0.2, 0.25) is 0 Å². The van der Waals surface area contributed by atoms with Crippen LogP contribution in [0.1, 0.15) is 38.2 Å². The Morgan fingerprint density at radius 3 is 2.64 bits per heavy atom. The van der Waals surface area contributed by atoms with Crippen LogP contribution in [-0.4, -0.2) is 25.0 Å². The van der Waals surface area contributed by atoms with Gasteiger partial charge >= 0.3 is 6.09 Å². The summed E-state index contributed by atoms with van der Waals surface area (Å²) in [4.78, 5) is 23.1. The monoisotopic (exact) mass is 303 g/mol. The molecule has 0 saturated carbocycles. The highest BCUT2D eigenvalue weighted by molar-refractivity contribution is 5.91. The average molecular weight is 303 g/mol. The summed E-state index contributed by atoms with van der Waals surface area (Å²) >= 11 is 0.